The molecule has 1 aromatic carbocycles. The fourth-order valence-corrected chi connectivity index (χ4v) is 1.46. The summed E-state index contributed by atoms with van der Waals surface area (Å²) in [6.45, 7) is 0.288. The average Bonchev–Trinajstić information content (AvgIpc) is 2.46. The Balaban J connectivity index is 2.03. The molecule has 1 heterocycles. The zero-order chi connectivity index (χ0) is 13.7. The molecule has 0 fully saturated rings. The molecular weight excluding hydrogens is 244 g/mol. The maximum absolute atomic E-state index is 10.8. The summed E-state index contributed by atoms with van der Waals surface area (Å²) in [5.41, 5.74) is 1.55. The number of rotatable bonds is 4. The van der Waals surface area contributed by atoms with E-state index in [9.17, 15) is 4.79 Å². The molecule has 0 radical (unpaired) electrons. The van der Waals surface area contributed by atoms with Crippen LogP contribution in [-0.2, 0) is 6.61 Å². The SMILES string of the molecule is N#Cc1ccc(COc2cncc(C(=O)O)c2)cc1. The van der Waals surface area contributed by atoms with Crippen LogP contribution in [0.25, 0.3) is 0 Å². The summed E-state index contributed by atoms with van der Waals surface area (Å²) in [6.07, 6.45) is 2.72. The molecule has 19 heavy (non-hydrogen) atoms. The number of hydrogen-bond donors (Lipinski definition) is 1. The van der Waals surface area contributed by atoms with Crippen molar-refractivity contribution in [3.63, 3.8) is 0 Å². The number of carboxylic acid groups (broad SMARTS) is 1. The Hall–Kier alpha value is -2.87. The highest BCUT2D eigenvalue weighted by Gasteiger charge is 2.05. The lowest BCUT2D eigenvalue weighted by Gasteiger charge is -2.06. The first-order chi connectivity index (χ1) is 9.19. The van der Waals surface area contributed by atoms with Crippen molar-refractivity contribution in [1.29, 1.82) is 5.26 Å². The Bertz CT molecular complexity index is 630. The van der Waals surface area contributed by atoms with Crippen molar-refractivity contribution in [2.75, 3.05) is 0 Å². The number of nitriles is 1. The first-order valence-corrected chi connectivity index (χ1v) is 5.49. The third-order valence-electron chi connectivity index (χ3n) is 2.45. The highest BCUT2D eigenvalue weighted by atomic mass is 16.5. The van der Waals surface area contributed by atoms with Gasteiger partial charge in [0.1, 0.15) is 12.4 Å². The molecule has 0 spiro atoms. The molecule has 0 amide bonds. The van der Waals surface area contributed by atoms with E-state index >= 15 is 0 Å². The number of carboxylic acids is 1. The van der Waals surface area contributed by atoms with Crippen molar-refractivity contribution in [3.8, 4) is 11.8 Å². The summed E-state index contributed by atoms with van der Waals surface area (Å²) in [5.74, 6) is -0.652. The number of nitrogens with zero attached hydrogens (tertiary/aromatic N) is 2. The van der Waals surface area contributed by atoms with E-state index in [1.54, 1.807) is 24.3 Å². The van der Waals surface area contributed by atoms with Crippen LogP contribution in [0.15, 0.2) is 42.7 Å². The second kappa shape index (κ2) is 5.65. The molecule has 1 aromatic heterocycles. The third-order valence-corrected chi connectivity index (χ3v) is 2.45. The average molecular weight is 254 g/mol. The first-order valence-electron chi connectivity index (χ1n) is 5.49. The lowest BCUT2D eigenvalue weighted by molar-refractivity contribution is 0.0696. The molecule has 0 unspecified atom stereocenters. The predicted octanol–water partition coefficient (Wildman–Crippen LogP) is 2.23. The van der Waals surface area contributed by atoms with E-state index < -0.39 is 5.97 Å². The second-order valence-electron chi connectivity index (χ2n) is 3.81. The van der Waals surface area contributed by atoms with Crippen LogP contribution in [0.2, 0.25) is 0 Å². The first kappa shape index (κ1) is 12.6. The summed E-state index contributed by atoms with van der Waals surface area (Å²) in [4.78, 5) is 14.6. The van der Waals surface area contributed by atoms with Gasteiger partial charge in [0.05, 0.1) is 23.4 Å². The number of aromatic carboxylic acids is 1. The molecule has 2 aromatic rings. The van der Waals surface area contributed by atoms with Crippen LogP contribution in [0.4, 0.5) is 0 Å². The van der Waals surface area contributed by atoms with Crippen molar-refractivity contribution in [1.82, 2.24) is 4.98 Å². The van der Waals surface area contributed by atoms with E-state index in [-0.39, 0.29) is 12.2 Å². The van der Waals surface area contributed by atoms with Gasteiger partial charge in [-0.15, -0.1) is 0 Å². The minimum atomic E-state index is -1.05. The standard InChI is InChI=1S/C14H10N2O3/c15-6-10-1-3-11(4-2-10)9-19-13-5-12(14(17)18)7-16-8-13/h1-5,7-8H,9H2,(H,17,18). The van der Waals surface area contributed by atoms with Crippen molar-refractivity contribution < 1.29 is 14.6 Å². The maximum atomic E-state index is 10.8. The number of ether oxygens (including phenoxy) is 1. The van der Waals surface area contributed by atoms with Crippen LogP contribution < -0.4 is 4.74 Å². The minimum Gasteiger partial charge on any atom is -0.487 e. The fraction of sp³-hybridized carbons (Fsp3) is 0.0714. The molecule has 0 saturated heterocycles. The van der Waals surface area contributed by atoms with Crippen LogP contribution in [0.3, 0.4) is 0 Å². The van der Waals surface area contributed by atoms with Gasteiger partial charge in [-0.3, -0.25) is 4.98 Å². The molecule has 5 nitrogen and oxygen atoms in total. The highest BCUT2D eigenvalue weighted by Crippen LogP contribution is 2.13. The smallest absolute Gasteiger partial charge is 0.337 e. The zero-order valence-corrected chi connectivity index (χ0v) is 9.91. The topological polar surface area (TPSA) is 83.2 Å². The van der Waals surface area contributed by atoms with Gasteiger partial charge in [-0.25, -0.2) is 4.79 Å². The normalized spacial score (nSPS) is 9.63. The number of benzene rings is 1. The van der Waals surface area contributed by atoms with E-state index in [2.05, 4.69) is 4.98 Å². The summed E-state index contributed by atoms with van der Waals surface area (Å²) in [6, 6.07) is 10.4. The fourth-order valence-electron chi connectivity index (χ4n) is 1.46. The minimum absolute atomic E-state index is 0.0809. The van der Waals surface area contributed by atoms with Gasteiger partial charge in [-0.05, 0) is 23.8 Å². The van der Waals surface area contributed by atoms with Crippen LogP contribution in [0, 0.1) is 11.3 Å². The Morgan fingerprint density at radius 3 is 2.68 bits per heavy atom. The molecular formula is C14H10N2O3. The molecule has 5 heteroatoms. The van der Waals surface area contributed by atoms with Crippen molar-refractivity contribution >= 4 is 5.97 Å². The number of aromatic nitrogens is 1. The van der Waals surface area contributed by atoms with Gasteiger partial charge >= 0.3 is 5.97 Å². The van der Waals surface area contributed by atoms with Crippen molar-refractivity contribution in [2.45, 2.75) is 6.61 Å². The molecule has 0 atom stereocenters. The Kier molecular flexibility index (Phi) is 3.74. The maximum Gasteiger partial charge on any atom is 0.337 e. The Morgan fingerprint density at radius 2 is 2.05 bits per heavy atom. The van der Waals surface area contributed by atoms with Crippen LogP contribution in [0.1, 0.15) is 21.5 Å². The van der Waals surface area contributed by atoms with Crippen LogP contribution in [0.5, 0.6) is 5.75 Å². The molecule has 0 aliphatic heterocycles. The Labute approximate surface area is 109 Å². The van der Waals surface area contributed by atoms with Crippen molar-refractivity contribution in [3.05, 3.63) is 59.4 Å². The summed E-state index contributed by atoms with van der Waals surface area (Å²) < 4.78 is 5.45. The van der Waals surface area contributed by atoms with E-state index in [0.717, 1.165) is 5.56 Å². The molecule has 1 N–H and O–H groups in total. The Morgan fingerprint density at radius 1 is 1.32 bits per heavy atom. The van der Waals surface area contributed by atoms with Gasteiger partial charge in [0.2, 0.25) is 0 Å². The van der Waals surface area contributed by atoms with Crippen molar-refractivity contribution in [2.24, 2.45) is 0 Å². The van der Waals surface area contributed by atoms with Gasteiger partial charge in [-0.1, -0.05) is 12.1 Å². The van der Waals surface area contributed by atoms with Crippen LogP contribution in [-0.4, -0.2) is 16.1 Å². The predicted molar refractivity (Wildman–Crippen MR) is 66.7 cm³/mol. The summed E-state index contributed by atoms with van der Waals surface area (Å²) >= 11 is 0. The lowest BCUT2D eigenvalue weighted by Crippen LogP contribution is -2.00. The summed E-state index contributed by atoms with van der Waals surface area (Å²) in [7, 11) is 0. The van der Waals surface area contributed by atoms with Gasteiger partial charge in [0, 0.05) is 6.20 Å². The van der Waals surface area contributed by atoms with Crippen LogP contribution >= 0.6 is 0 Å². The molecule has 0 aliphatic carbocycles. The zero-order valence-electron chi connectivity index (χ0n) is 9.91. The number of pyridine rings is 1. The van der Waals surface area contributed by atoms with Gasteiger partial charge < -0.3 is 9.84 Å². The van der Waals surface area contributed by atoms with E-state index in [1.165, 1.54) is 18.5 Å². The second-order valence-corrected chi connectivity index (χ2v) is 3.81. The molecule has 0 aliphatic rings. The quantitative estimate of drug-likeness (QED) is 0.904. The molecule has 0 saturated carbocycles. The largest absolute Gasteiger partial charge is 0.487 e. The molecule has 2 rings (SSSR count). The number of hydrogen-bond acceptors (Lipinski definition) is 4. The molecule has 94 valence electrons. The lowest BCUT2D eigenvalue weighted by atomic mass is 10.2. The van der Waals surface area contributed by atoms with E-state index in [4.69, 9.17) is 15.1 Å². The number of carbonyl (C=O) groups is 1. The van der Waals surface area contributed by atoms with E-state index in [0.29, 0.717) is 11.3 Å². The van der Waals surface area contributed by atoms with E-state index in [1.807, 2.05) is 6.07 Å². The summed E-state index contributed by atoms with van der Waals surface area (Å²) in [5, 5.41) is 17.5. The molecule has 0 bridgehead atoms. The van der Waals surface area contributed by atoms with Gasteiger partial charge in [-0.2, -0.15) is 5.26 Å². The van der Waals surface area contributed by atoms with Gasteiger partial charge in [0.15, 0.2) is 0 Å². The van der Waals surface area contributed by atoms with Gasteiger partial charge in [0.25, 0.3) is 0 Å². The highest BCUT2D eigenvalue weighted by molar-refractivity contribution is 5.87. The monoisotopic (exact) mass is 254 g/mol. The third kappa shape index (κ3) is 3.30.